The van der Waals surface area contributed by atoms with Crippen LogP contribution in [0.1, 0.15) is 49.2 Å². The summed E-state index contributed by atoms with van der Waals surface area (Å²) < 4.78 is 0. The van der Waals surface area contributed by atoms with E-state index in [9.17, 15) is 4.79 Å². The van der Waals surface area contributed by atoms with Crippen LogP contribution in [0.5, 0.6) is 0 Å². The Labute approximate surface area is 121 Å². The molecule has 1 unspecified atom stereocenters. The van der Waals surface area contributed by atoms with Gasteiger partial charge in [0.05, 0.1) is 0 Å². The van der Waals surface area contributed by atoms with Gasteiger partial charge in [0.1, 0.15) is 5.82 Å². The molecule has 1 aromatic heterocycles. The molecule has 0 aliphatic rings. The average Bonchev–Trinajstić information content (AvgIpc) is 2.35. The van der Waals surface area contributed by atoms with Crippen molar-refractivity contribution in [2.45, 2.75) is 39.2 Å². The molecule has 1 rings (SSSR count). The van der Waals surface area contributed by atoms with Crippen molar-refractivity contribution >= 4 is 11.7 Å². The highest BCUT2D eigenvalue weighted by atomic mass is 16.1. The Bertz CT molecular complexity index is 457. The molecule has 112 valence electrons. The smallest absolute Gasteiger partial charge is 0.251 e. The predicted octanol–water partition coefficient (Wildman–Crippen LogP) is 1.86. The molecule has 0 aliphatic carbocycles. The van der Waals surface area contributed by atoms with Crippen molar-refractivity contribution in [2.75, 3.05) is 26.4 Å². The highest BCUT2D eigenvalue weighted by Gasteiger charge is 2.13. The number of pyridine rings is 1. The number of hydrogen-bond acceptors (Lipinski definition) is 4. The molecular formula is C15H26N4O. The number of rotatable bonds is 6. The summed E-state index contributed by atoms with van der Waals surface area (Å²) in [5.74, 6) is 0.547. The fourth-order valence-corrected chi connectivity index (χ4v) is 1.83. The zero-order valence-electron chi connectivity index (χ0n) is 13.1. The van der Waals surface area contributed by atoms with E-state index in [1.807, 2.05) is 40.9 Å². The summed E-state index contributed by atoms with van der Waals surface area (Å²) in [4.78, 5) is 18.6. The van der Waals surface area contributed by atoms with E-state index in [-0.39, 0.29) is 17.9 Å². The van der Waals surface area contributed by atoms with Gasteiger partial charge in [-0.1, -0.05) is 13.8 Å². The average molecular weight is 278 g/mol. The first-order valence-electron chi connectivity index (χ1n) is 7.02. The maximum Gasteiger partial charge on any atom is 0.251 e. The molecule has 0 aliphatic heterocycles. The number of nitrogens with one attached hydrogen (secondary N) is 1. The summed E-state index contributed by atoms with van der Waals surface area (Å²) in [6, 6.07) is 3.57. The molecule has 0 saturated carbocycles. The molecule has 1 aromatic rings. The number of nitrogens with zero attached hydrogens (tertiary/aromatic N) is 2. The lowest BCUT2D eigenvalue weighted by Gasteiger charge is -2.17. The zero-order chi connectivity index (χ0) is 15.3. The van der Waals surface area contributed by atoms with Crippen LogP contribution < -0.4 is 11.1 Å². The normalized spacial score (nSPS) is 12.8. The summed E-state index contributed by atoms with van der Waals surface area (Å²) in [5.41, 5.74) is 7.19. The summed E-state index contributed by atoms with van der Waals surface area (Å²) in [7, 11) is 4.04. The van der Waals surface area contributed by atoms with Crippen LogP contribution >= 0.6 is 0 Å². The Morgan fingerprint density at radius 1 is 1.35 bits per heavy atom. The number of carbonyl (C=O) groups is 1. The quantitative estimate of drug-likeness (QED) is 0.833. The van der Waals surface area contributed by atoms with Crippen LogP contribution in [-0.2, 0) is 0 Å². The van der Waals surface area contributed by atoms with Gasteiger partial charge < -0.3 is 16.0 Å². The van der Waals surface area contributed by atoms with Crippen LogP contribution in [0.3, 0.4) is 0 Å². The van der Waals surface area contributed by atoms with Gasteiger partial charge in [-0.15, -0.1) is 0 Å². The number of anilines is 1. The molecule has 0 fully saturated rings. The van der Waals surface area contributed by atoms with Gasteiger partial charge in [-0.3, -0.25) is 4.79 Å². The van der Waals surface area contributed by atoms with E-state index < -0.39 is 0 Å². The zero-order valence-corrected chi connectivity index (χ0v) is 13.1. The van der Waals surface area contributed by atoms with Crippen molar-refractivity contribution in [1.82, 2.24) is 15.2 Å². The monoisotopic (exact) mass is 278 g/mol. The van der Waals surface area contributed by atoms with Crippen molar-refractivity contribution in [2.24, 2.45) is 0 Å². The second kappa shape index (κ2) is 7.24. The van der Waals surface area contributed by atoms with Crippen molar-refractivity contribution in [3.8, 4) is 0 Å². The van der Waals surface area contributed by atoms with Crippen LogP contribution in [0.4, 0.5) is 5.82 Å². The van der Waals surface area contributed by atoms with Gasteiger partial charge >= 0.3 is 0 Å². The third-order valence-corrected chi connectivity index (χ3v) is 3.11. The molecule has 3 N–H and O–H groups in total. The first kappa shape index (κ1) is 16.4. The number of aromatic nitrogens is 1. The molecule has 0 spiro atoms. The van der Waals surface area contributed by atoms with E-state index in [1.165, 1.54) is 0 Å². The minimum absolute atomic E-state index is 0.0905. The molecular weight excluding hydrogens is 252 g/mol. The van der Waals surface area contributed by atoms with Gasteiger partial charge in [0.2, 0.25) is 0 Å². The fraction of sp³-hybridized carbons (Fsp3) is 0.600. The van der Waals surface area contributed by atoms with E-state index in [1.54, 1.807) is 6.07 Å². The second-order valence-electron chi connectivity index (χ2n) is 5.83. The van der Waals surface area contributed by atoms with Crippen LogP contribution in [-0.4, -0.2) is 42.5 Å². The van der Waals surface area contributed by atoms with Gasteiger partial charge in [0.25, 0.3) is 5.91 Å². The fourth-order valence-electron chi connectivity index (χ4n) is 1.83. The Kier molecular flexibility index (Phi) is 5.95. The summed E-state index contributed by atoms with van der Waals surface area (Å²) >= 11 is 0. The molecule has 1 amide bonds. The van der Waals surface area contributed by atoms with Gasteiger partial charge in [-0.25, -0.2) is 4.98 Å². The minimum Gasteiger partial charge on any atom is -0.384 e. The Morgan fingerprint density at radius 2 is 2.00 bits per heavy atom. The Hall–Kier alpha value is -1.62. The Balaban J connectivity index is 2.72. The molecule has 1 atom stereocenters. The van der Waals surface area contributed by atoms with Crippen molar-refractivity contribution in [3.63, 3.8) is 0 Å². The van der Waals surface area contributed by atoms with E-state index in [0.717, 1.165) is 18.7 Å². The van der Waals surface area contributed by atoms with Crippen LogP contribution in [0.25, 0.3) is 0 Å². The standard InChI is InChI=1S/C15H26N4O/c1-10(2)13-8-12(9-14(16)18-13)15(20)17-11(3)6-7-19(4)5/h8-11H,6-7H2,1-5H3,(H2,16,18)(H,17,20). The van der Waals surface area contributed by atoms with Crippen LogP contribution in [0.2, 0.25) is 0 Å². The van der Waals surface area contributed by atoms with Crippen LogP contribution in [0.15, 0.2) is 12.1 Å². The number of carbonyl (C=O) groups excluding carboxylic acids is 1. The molecule has 0 saturated heterocycles. The molecule has 0 radical (unpaired) electrons. The molecule has 5 nitrogen and oxygen atoms in total. The SMILES string of the molecule is CC(CCN(C)C)NC(=O)c1cc(N)nc(C(C)C)c1. The molecule has 0 bridgehead atoms. The molecule has 0 aromatic carbocycles. The Morgan fingerprint density at radius 3 is 2.55 bits per heavy atom. The van der Waals surface area contributed by atoms with E-state index in [4.69, 9.17) is 5.73 Å². The molecule has 1 heterocycles. The lowest BCUT2D eigenvalue weighted by atomic mass is 10.1. The van der Waals surface area contributed by atoms with Crippen molar-refractivity contribution < 1.29 is 4.79 Å². The largest absolute Gasteiger partial charge is 0.384 e. The highest BCUT2D eigenvalue weighted by Crippen LogP contribution is 2.16. The number of nitrogen functional groups attached to an aromatic ring is 1. The maximum atomic E-state index is 12.2. The summed E-state index contributed by atoms with van der Waals surface area (Å²) in [6.07, 6.45) is 0.913. The second-order valence-corrected chi connectivity index (χ2v) is 5.83. The van der Waals surface area contributed by atoms with Crippen LogP contribution in [0, 0.1) is 0 Å². The number of nitrogens with two attached hydrogens (primary N) is 1. The van der Waals surface area contributed by atoms with E-state index >= 15 is 0 Å². The summed E-state index contributed by atoms with van der Waals surface area (Å²) in [6.45, 7) is 7.01. The maximum absolute atomic E-state index is 12.2. The van der Waals surface area contributed by atoms with Gasteiger partial charge in [0.15, 0.2) is 0 Å². The van der Waals surface area contributed by atoms with E-state index in [0.29, 0.717) is 11.4 Å². The lowest BCUT2D eigenvalue weighted by molar-refractivity contribution is 0.0936. The first-order valence-corrected chi connectivity index (χ1v) is 7.02. The summed E-state index contributed by atoms with van der Waals surface area (Å²) in [5, 5.41) is 3.00. The van der Waals surface area contributed by atoms with Gasteiger partial charge in [0, 0.05) is 17.3 Å². The topological polar surface area (TPSA) is 71.2 Å². The number of amides is 1. The third-order valence-electron chi connectivity index (χ3n) is 3.11. The molecule has 20 heavy (non-hydrogen) atoms. The minimum atomic E-state index is -0.0905. The van der Waals surface area contributed by atoms with E-state index in [2.05, 4.69) is 15.2 Å². The highest BCUT2D eigenvalue weighted by molar-refractivity contribution is 5.95. The number of hydrogen-bond donors (Lipinski definition) is 2. The van der Waals surface area contributed by atoms with Gasteiger partial charge in [-0.05, 0) is 52.0 Å². The first-order chi connectivity index (χ1) is 9.29. The third kappa shape index (κ3) is 5.17. The predicted molar refractivity (Wildman–Crippen MR) is 82.8 cm³/mol. The molecule has 5 heteroatoms. The van der Waals surface area contributed by atoms with Crippen molar-refractivity contribution in [3.05, 3.63) is 23.4 Å². The lowest BCUT2D eigenvalue weighted by Crippen LogP contribution is -2.35. The van der Waals surface area contributed by atoms with Gasteiger partial charge in [-0.2, -0.15) is 0 Å². The van der Waals surface area contributed by atoms with Crippen molar-refractivity contribution in [1.29, 1.82) is 0 Å².